The van der Waals surface area contributed by atoms with Gasteiger partial charge in [0.1, 0.15) is 11.5 Å². The first-order valence-corrected chi connectivity index (χ1v) is 10.8. The summed E-state index contributed by atoms with van der Waals surface area (Å²) in [6, 6.07) is 8.74. The van der Waals surface area contributed by atoms with Gasteiger partial charge in [-0.15, -0.1) is 0 Å². The zero-order chi connectivity index (χ0) is 21.6. The number of halogens is 2. The predicted octanol–water partition coefficient (Wildman–Crippen LogP) is 6.44. The lowest BCUT2D eigenvalue weighted by Crippen LogP contribution is -2.20. The van der Waals surface area contributed by atoms with Gasteiger partial charge in [-0.25, -0.2) is 4.79 Å². The molecular formula is C21H23Br2NO5. The minimum absolute atomic E-state index is 0.210. The molecule has 8 heteroatoms. The number of phenolic OH excluding ortho intramolecular Hbond substituents is 1. The van der Waals surface area contributed by atoms with E-state index in [1.807, 2.05) is 13.0 Å². The van der Waals surface area contributed by atoms with Gasteiger partial charge in [0, 0.05) is 5.56 Å². The number of hydrogen-bond donors (Lipinski definition) is 2. The van der Waals surface area contributed by atoms with Crippen LogP contribution in [0.4, 0.5) is 0 Å². The standard InChI is InChI=1S/C21H23Br2NO5/c1-4-12(3)15-10-14(6-7-18(15)25)28-20-16(22)8-13(9-17(20)23)11-24-29-19(5-2)21(26)27/h6-12,19,25H,4-5H2,1-3H3,(H,26,27)/b24-11+. The maximum atomic E-state index is 11.0. The van der Waals surface area contributed by atoms with Gasteiger partial charge in [0.25, 0.3) is 0 Å². The van der Waals surface area contributed by atoms with E-state index in [0.29, 0.717) is 32.4 Å². The molecule has 29 heavy (non-hydrogen) atoms. The number of carboxylic acids is 1. The van der Waals surface area contributed by atoms with E-state index in [1.165, 1.54) is 6.21 Å². The van der Waals surface area contributed by atoms with Gasteiger partial charge in [0.05, 0.1) is 15.2 Å². The van der Waals surface area contributed by atoms with E-state index in [4.69, 9.17) is 14.7 Å². The zero-order valence-corrected chi connectivity index (χ0v) is 19.5. The average molecular weight is 529 g/mol. The topological polar surface area (TPSA) is 88.4 Å². The van der Waals surface area contributed by atoms with Crippen molar-refractivity contribution in [2.24, 2.45) is 5.16 Å². The van der Waals surface area contributed by atoms with Crippen molar-refractivity contribution in [3.63, 3.8) is 0 Å². The number of nitrogens with zero attached hydrogens (tertiary/aromatic N) is 1. The number of benzene rings is 2. The Morgan fingerprint density at radius 3 is 2.38 bits per heavy atom. The van der Waals surface area contributed by atoms with Gasteiger partial charge in [-0.2, -0.15) is 0 Å². The molecule has 0 amide bonds. The SMILES string of the molecule is CCC(O/N=C/c1cc(Br)c(Oc2ccc(O)c(C(C)CC)c2)c(Br)c1)C(=O)O. The van der Waals surface area contributed by atoms with Crippen molar-refractivity contribution in [3.05, 3.63) is 50.4 Å². The molecule has 2 aromatic carbocycles. The number of rotatable bonds is 9. The van der Waals surface area contributed by atoms with Crippen LogP contribution in [0.2, 0.25) is 0 Å². The molecule has 0 saturated carbocycles. The quantitative estimate of drug-likeness (QED) is 0.289. The van der Waals surface area contributed by atoms with Crippen molar-refractivity contribution in [3.8, 4) is 17.2 Å². The van der Waals surface area contributed by atoms with Crippen LogP contribution in [0.25, 0.3) is 0 Å². The van der Waals surface area contributed by atoms with E-state index in [1.54, 1.807) is 31.2 Å². The summed E-state index contributed by atoms with van der Waals surface area (Å²) in [6.45, 7) is 5.83. The molecule has 156 valence electrons. The fourth-order valence-electron chi connectivity index (χ4n) is 2.54. The smallest absolute Gasteiger partial charge is 0.347 e. The molecule has 6 nitrogen and oxygen atoms in total. The number of carbonyl (C=O) groups is 1. The number of aromatic hydroxyl groups is 1. The first kappa shape index (κ1) is 23.2. The van der Waals surface area contributed by atoms with E-state index >= 15 is 0 Å². The van der Waals surface area contributed by atoms with Gasteiger partial charge in [0.2, 0.25) is 6.10 Å². The molecule has 0 heterocycles. The van der Waals surface area contributed by atoms with E-state index in [-0.39, 0.29) is 11.7 Å². The largest absolute Gasteiger partial charge is 0.508 e. The fraction of sp³-hybridized carbons (Fsp3) is 0.333. The summed E-state index contributed by atoms with van der Waals surface area (Å²) < 4.78 is 7.37. The third-order valence-corrected chi connectivity index (χ3v) is 5.60. The normalized spacial score (nSPS) is 13.3. The number of ether oxygens (including phenoxy) is 1. The van der Waals surface area contributed by atoms with Crippen LogP contribution in [-0.2, 0) is 9.63 Å². The van der Waals surface area contributed by atoms with Gasteiger partial charge in [-0.3, -0.25) is 0 Å². The third kappa shape index (κ3) is 6.21. The van der Waals surface area contributed by atoms with Crippen molar-refractivity contribution < 1.29 is 24.6 Å². The Labute approximate surface area is 186 Å². The number of oxime groups is 1. The van der Waals surface area contributed by atoms with E-state index in [2.05, 4.69) is 43.9 Å². The lowest BCUT2D eigenvalue weighted by molar-refractivity contribution is -0.150. The van der Waals surface area contributed by atoms with Crippen molar-refractivity contribution >= 4 is 44.0 Å². The molecule has 0 aliphatic carbocycles. The molecule has 2 unspecified atom stereocenters. The zero-order valence-electron chi connectivity index (χ0n) is 16.4. The summed E-state index contributed by atoms with van der Waals surface area (Å²) in [7, 11) is 0. The van der Waals surface area contributed by atoms with Gasteiger partial charge < -0.3 is 19.8 Å². The predicted molar refractivity (Wildman–Crippen MR) is 119 cm³/mol. The van der Waals surface area contributed by atoms with Gasteiger partial charge in [-0.1, -0.05) is 25.9 Å². The molecule has 0 spiro atoms. The Balaban J connectivity index is 2.21. The molecule has 2 N–H and O–H groups in total. The van der Waals surface area contributed by atoms with Crippen LogP contribution in [0.5, 0.6) is 17.2 Å². The molecule has 0 aliphatic rings. The van der Waals surface area contributed by atoms with Crippen LogP contribution in [0.15, 0.2) is 44.4 Å². The van der Waals surface area contributed by atoms with Crippen LogP contribution < -0.4 is 4.74 Å². The molecule has 0 bridgehead atoms. The molecule has 0 saturated heterocycles. The average Bonchev–Trinajstić information content (AvgIpc) is 2.68. The Hall–Kier alpha value is -2.06. The monoisotopic (exact) mass is 527 g/mol. The van der Waals surface area contributed by atoms with E-state index in [9.17, 15) is 9.90 Å². The lowest BCUT2D eigenvalue weighted by atomic mass is 9.97. The lowest BCUT2D eigenvalue weighted by Gasteiger charge is -2.15. The number of hydrogen-bond acceptors (Lipinski definition) is 5. The van der Waals surface area contributed by atoms with Crippen LogP contribution in [-0.4, -0.2) is 28.5 Å². The second-order valence-electron chi connectivity index (χ2n) is 6.52. The minimum atomic E-state index is -1.05. The first-order valence-electron chi connectivity index (χ1n) is 9.18. The van der Waals surface area contributed by atoms with E-state index in [0.717, 1.165) is 12.0 Å². The molecule has 2 atom stereocenters. The highest BCUT2D eigenvalue weighted by atomic mass is 79.9. The summed E-state index contributed by atoms with van der Waals surface area (Å²) in [4.78, 5) is 16.0. The maximum absolute atomic E-state index is 11.0. The minimum Gasteiger partial charge on any atom is -0.508 e. The molecule has 2 rings (SSSR count). The fourth-order valence-corrected chi connectivity index (χ4v) is 3.92. The van der Waals surface area contributed by atoms with Crippen LogP contribution in [0.3, 0.4) is 0 Å². The van der Waals surface area contributed by atoms with Gasteiger partial charge >= 0.3 is 5.97 Å². The third-order valence-electron chi connectivity index (χ3n) is 4.42. The number of phenols is 1. The number of carboxylic acid groups (broad SMARTS) is 1. The maximum Gasteiger partial charge on any atom is 0.347 e. The highest BCUT2D eigenvalue weighted by molar-refractivity contribution is 9.11. The second-order valence-corrected chi connectivity index (χ2v) is 8.23. The number of aliphatic carboxylic acids is 1. The summed E-state index contributed by atoms with van der Waals surface area (Å²) >= 11 is 6.98. The molecular weight excluding hydrogens is 506 g/mol. The van der Waals surface area contributed by atoms with Crippen molar-refractivity contribution in [2.75, 3.05) is 0 Å². The van der Waals surface area contributed by atoms with E-state index < -0.39 is 12.1 Å². The second kappa shape index (κ2) is 10.6. The molecule has 0 radical (unpaired) electrons. The summed E-state index contributed by atoms with van der Waals surface area (Å²) in [6.07, 6.45) is 1.68. The van der Waals surface area contributed by atoms with Crippen LogP contribution in [0.1, 0.15) is 50.7 Å². The van der Waals surface area contributed by atoms with Gasteiger partial charge in [-0.05, 0) is 86.5 Å². The van der Waals surface area contributed by atoms with Crippen LogP contribution >= 0.6 is 31.9 Å². The highest BCUT2D eigenvalue weighted by Crippen LogP contribution is 2.39. The Morgan fingerprint density at radius 1 is 1.17 bits per heavy atom. The molecule has 0 fully saturated rings. The Morgan fingerprint density at radius 2 is 1.83 bits per heavy atom. The highest BCUT2D eigenvalue weighted by Gasteiger charge is 2.16. The van der Waals surface area contributed by atoms with Crippen molar-refractivity contribution in [2.45, 2.75) is 45.6 Å². The molecule has 0 aromatic heterocycles. The summed E-state index contributed by atoms with van der Waals surface area (Å²) in [5.41, 5.74) is 1.53. The molecule has 2 aromatic rings. The van der Waals surface area contributed by atoms with Crippen molar-refractivity contribution in [1.82, 2.24) is 0 Å². The molecule has 0 aliphatic heterocycles. The Bertz CT molecular complexity index is 878. The Kier molecular flexibility index (Phi) is 8.52. The summed E-state index contributed by atoms with van der Waals surface area (Å²) in [5, 5.41) is 22.8. The summed E-state index contributed by atoms with van der Waals surface area (Å²) in [5.74, 6) is 0.587. The van der Waals surface area contributed by atoms with Gasteiger partial charge in [0.15, 0.2) is 5.75 Å². The first-order chi connectivity index (χ1) is 13.8. The van der Waals surface area contributed by atoms with Crippen LogP contribution in [0, 0.1) is 0 Å². The van der Waals surface area contributed by atoms with Crippen molar-refractivity contribution in [1.29, 1.82) is 0 Å².